The van der Waals surface area contributed by atoms with E-state index in [9.17, 15) is 14.0 Å². The summed E-state index contributed by atoms with van der Waals surface area (Å²) in [5, 5.41) is 8.42. The Balaban J connectivity index is 1.54. The summed E-state index contributed by atoms with van der Waals surface area (Å²) < 4.78 is 44.7. The maximum atomic E-state index is 15.1. The number of likely N-dealkylation sites (N-methyl/N-ethyl adjacent to an activating group) is 1. The molecule has 2 amide bonds. The molecule has 0 spiro atoms. The maximum Gasteiger partial charge on any atom is 0.262 e. The van der Waals surface area contributed by atoms with E-state index in [0.29, 0.717) is 33.8 Å². The first-order valence-corrected chi connectivity index (χ1v) is 12.1. The summed E-state index contributed by atoms with van der Waals surface area (Å²) in [5.74, 6) is -1.44. The zero-order valence-electron chi connectivity index (χ0n) is 21.9. The van der Waals surface area contributed by atoms with E-state index < -0.39 is 23.4 Å². The van der Waals surface area contributed by atoms with Crippen LogP contribution in [0.4, 0.5) is 20.2 Å². The fraction of sp³-hybridized carbons (Fsp3) is 0.138. The number of rotatable bonds is 10. The van der Waals surface area contributed by atoms with E-state index in [0.717, 1.165) is 6.07 Å². The quantitative estimate of drug-likeness (QED) is 0.138. The highest BCUT2D eigenvalue weighted by atomic mass is 19.1. The van der Waals surface area contributed by atoms with Crippen molar-refractivity contribution in [1.29, 1.82) is 0 Å². The first-order valence-electron chi connectivity index (χ1n) is 12.1. The molecular formula is C29H26F2N4O5. The Hall–Kier alpha value is -5.19. The Labute approximate surface area is 228 Å². The minimum absolute atomic E-state index is 0.0952. The van der Waals surface area contributed by atoms with Gasteiger partial charge in [0.2, 0.25) is 0 Å². The van der Waals surface area contributed by atoms with Gasteiger partial charge in [-0.2, -0.15) is 0 Å². The SMILES string of the molecule is CCNC(=O)/C(=C\Nc1ccc(F)cc1)C(=O)Nc1ccc(Oc2ccnc3cc(OC)c(OC)cc23)c(F)c1. The second-order valence-electron chi connectivity index (χ2n) is 8.30. The van der Waals surface area contributed by atoms with Crippen LogP contribution in [0.15, 0.2) is 78.6 Å². The number of carbonyl (C=O) groups excluding carboxylic acids is 2. The maximum absolute atomic E-state index is 15.1. The number of benzene rings is 3. The average Bonchev–Trinajstić information content (AvgIpc) is 2.95. The number of nitrogens with zero attached hydrogens (tertiary/aromatic N) is 1. The Morgan fingerprint density at radius 3 is 2.23 bits per heavy atom. The van der Waals surface area contributed by atoms with Crippen LogP contribution >= 0.6 is 0 Å². The Morgan fingerprint density at radius 2 is 1.55 bits per heavy atom. The summed E-state index contributed by atoms with van der Waals surface area (Å²) in [5.41, 5.74) is 0.846. The van der Waals surface area contributed by atoms with Crippen LogP contribution in [-0.2, 0) is 9.59 Å². The molecule has 3 aromatic carbocycles. The zero-order valence-corrected chi connectivity index (χ0v) is 21.9. The number of nitrogens with one attached hydrogen (secondary N) is 3. The summed E-state index contributed by atoms with van der Waals surface area (Å²) in [6.07, 6.45) is 2.71. The van der Waals surface area contributed by atoms with Gasteiger partial charge in [0, 0.05) is 47.8 Å². The van der Waals surface area contributed by atoms with Crippen molar-refractivity contribution in [2.45, 2.75) is 6.92 Å². The van der Waals surface area contributed by atoms with Gasteiger partial charge in [0.1, 0.15) is 17.1 Å². The molecular weight excluding hydrogens is 522 g/mol. The second kappa shape index (κ2) is 12.6. The van der Waals surface area contributed by atoms with Crippen molar-refractivity contribution in [3.63, 3.8) is 0 Å². The molecule has 4 aromatic rings. The summed E-state index contributed by atoms with van der Waals surface area (Å²) in [4.78, 5) is 29.7. The number of methoxy groups -OCH3 is 2. The van der Waals surface area contributed by atoms with E-state index in [1.807, 2.05) is 0 Å². The highest BCUT2D eigenvalue weighted by Gasteiger charge is 2.19. The molecule has 0 saturated carbocycles. The lowest BCUT2D eigenvalue weighted by atomic mass is 10.1. The molecule has 4 rings (SSSR count). The van der Waals surface area contributed by atoms with Crippen LogP contribution in [0.1, 0.15) is 6.92 Å². The molecule has 0 aliphatic heterocycles. The van der Waals surface area contributed by atoms with Crippen LogP contribution in [0, 0.1) is 11.6 Å². The van der Waals surface area contributed by atoms with Gasteiger partial charge in [-0.05, 0) is 55.5 Å². The van der Waals surface area contributed by atoms with Gasteiger partial charge in [-0.15, -0.1) is 0 Å². The number of ether oxygens (including phenoxy) is 3. The number of aromatic nitrogens is 1. The molecule has 0 atom stereocenters. The molecule has 0 unspecified atom stereocenters. The van der Waals surface area contributed by atoms with Crippen LogP contribution in [0.2, 0.25) is 0 Å². The van der Waals surface area contributed by atoms with Gasteiger partial charge in [0.25, 0.3) is 11.8 Å². The molecule has 1 heterocycles. The lowest BCUT2D eigenvalue weighted by molar-refractivity contribution is -0.121. The number of anilines is 2. The van der Waals surface area contributed by atoms with Gasteiger partial charge in [-0.1, -0.05) is 0 Å². The Morgan fingerprint density at radius 1 is 0.850 bits per heavy atom. The predicted octanol–water partition coefficient (Wildman–Crippen LogP) is 5.39. The third kappa shape index (κ3) is 6.44. The van der Waals surface area contributed by atoms with Crippen molar-refractivity contribution in [2.75, 3.05) is 31.4 Å². The van der Waals surface area contributed by atoms with E-state index in [2.05, 4.69) is 20.9 Å². The Bertz CT molecular complexity index is 1580. The van der Waals surface area contributed by atoms with Gasteiger partial charge in [0.05, 0.1) is 19.7 Å². The molecule has 9 nitrogen and oxygen atoms in total. The molecule has 0 radical (unpaired) electrons. The molecule has 0 fully saturated rings. The topological polar surface area (TPSA) is 111 Å². The Kier molecular flexibility index (Phi) is 8.75. The molecule has 0 bridgehead atoms. The highest BCUT2D eigenvalue weighted by molar-refractivity contribution is 6.22. The number of hydrogen-bond donors (Lipinski definition) is 3. The first-order chi connectivity index (χ1) is 19.3. The smallest absolute Gasteiger partial charge is 0.262 e. The number of halogens is 2. The molecule has 0 aliphatic carbocycles. The predicted molar refractivity (Wildman–Crippen MR) is 147 cm³/mol. The molecule has 3 N–H and O–H groups in total. The molecule has 1 aromatic heterocycles. The van der Waals surface area contributed by atoms with E-state index >= 15 is 4.39 Å². The van der Waals surface area contributed by atoms with Crippen molar-refractivity contribution >= 4 is 34.1 Å². The van der Waals surface area contributed by atoms with Crippen LogP contribution in [0.5, 0.6) is 23.0 Å². The monoisotopic (exact) mass is 548 g/mol. The number of amides is 2. The minimum Gasteiger partial charge on any atom is -0.493 e. The van der Waals surface area contributed by atoms with Gasteiger partial charge >= 0.3 is 0 Å². The number of hydrogen-bond acceptors (Lipinski definition) is 7. The van der Waals surface area contributed by atoms with Crippen LogP contribution in [0.25, 0.3) is 10.9 Å². The summed E-state index contributed by atoms with van der Waals surface area (Å²) in [6.45, 7) is 1.98. The first kappa shape index (κ1) is 27.8. The third-order valence-corrected chi connectivity index (χ3v) is 5.67. The highest BCUT2D eigenvalue weighted by Crippen LogP contribution is 2.37. The van der Waals surface area contributed by atoms with E-state index in [4.69, 9.17) is 14.2 Å². The lowest BCUT2D eigenvalue weighted by Gasteiger charge is -2.14. The van der Waals surface area contributed by atoms with Crippen molar-refractivity contribution in [1.82, 2.24) is 10.3 Å². The zero-order chi connectivity index (χ0) is 28.6. The number of carbonyl (C=O) groups is 2. The van der Waals surface area contributed by atoms with Gasteiger partial charge in [-0.25, -0.2) is 8.78 Å². The standard InChI is InChI=1S/C29H26F2N4O5/c1-4-32-28(36)21(16-34-18-7-5-17(30)6-8-18)29(37)35-19-9-10-25(22(31)13-19)40-24-11-12-33-23-15-27(39-3)26(38-2)14-20(23)24/h5-16,34H,4H2,1-3H3,(H,32,36)(H,35,37)/b21-16+. The van der Waals surface area contributed by atoms with Gasteiger partial charge in [-0.3, -0.25) is 14.6 Å². The van der Waals surface area contributed by atoms with E-state index in [-0.39, 0.29) is 23.6 Å². The van der Waals surface area contributed by atoms with Gasteiger partial charge < -0.3 is 30.2 Å². The lowest BCUT2D eigenvalue weighted by Crippen LogP contribution is -2.31. The molecule has 206 valence electrons. The number of fused-ring (bicyclic) bond motifs is 1. The van der Waals surface area contributed by atoms with Crippen LogP contribution < -0.4 is 30.2 Å². The van der Waals surface area contributed by atoms with Crippen molar-refractivity contribution in [2.24, 2.45) is 0 Å². The third-order valence-electron chi connectivity index (χ3n) is 5.67. The molecule has 0 saturated heterocycles. The number of pyridine rings is 1. The molecule has 0 aliphatic rings. The average molecular weight is 549 g/mol. The van der Waals surface area contributed by atoms with Crippen molar-refractivity contribution < 1.29 is 32.6 Å². The van der Waals surface area contributed by atoms with Crippen LogP contribution in [0.3, 0.4) is 0 Å². The summed E-state index contributed by atoms with van der Waals surface area (Å²) in [6, 6.07) is 14.2. The van der Waals surface area contributed by atoms with Crippen LogP contribution in [-0.4, -0.2) is 37.6 Å². The minimum atomic E-state index is -0.783. The fourth-order valence-corrected chi connectivity index (χ4v) is 3.71. The summed E-state index contributed by atoms with van der Waals surface area (Å²) >= 11 is 0. The van der Waals surface area contributed by atoms with Crippen molar-refractivity contribution in [3.05, 3.63) is 90.3 Å². The van der Waals surface area contributed by atoms with Crippen molar-refractivity contribution in [3.8, 4) is 23.0 Å². The van der Waals surface area contributed by atoms with E-state index in [1.165, 1.54) is 63.0 Å². The molecule has 40 heavy (non-hydrogen) atoms. The second-order valence-corrected chi connectivity index (χ2v) is 8.30. The summed E-state index contributed by atoms with van der Waals surface area (Å²) in [7, 11) is 3.01. The normalized spacial score (nSPS) is 11.1. The van der Waals surface area contributed by atoms with Gasteiger partial charge in [0.15, 0.2) is 23.1 Å². The fourth-order valence-electron chi connectivity index (χ4n) is 3.71. The largest absolute Gasteiger partial charge is 0.493 e. The van der Waals surface area contributed by atoms with E-state index in [1.54, 1.807) is 25.1 Å². The molecule has 11 heteroatoms.